The molecule has 0 aliphatic carbocycles. The van der Waals surface area contributed by atoms with Gasteiger partial charge in [0.15, 0.2) is 0 Å². The Kier molecular flexibility index (Phi) is 3.65. The summed E-state index contributed by atoms with van der Waals surface area (Å²) in [5.74, 6) is 0. The molecule has 3 heteroatoms. The maximum atomic E-state index is 5.95. The van der Waals surface area contributed by atoms with Gasteiger partial charge < -0.3 is 4.74 Å². The van der Waals surface area contributed by atoms with Crippen LogP contribution in [0.5, 0.6) is 0 Å². The third-order valence-electron chi connectivity index (χ3n) is 3.45. The van der Waals surface area contributed by atoms with E-state index in [9.17, 15) is 0 Å². The monoisotopic (exact) mass is 212 g/mol. The summed E-state index contributed by atoms with van der Waals surface area (Å²) in [7, 11) is 0. The van der Waals surface area contributed by atoms with Crippen LogP contribution in [0, 0.1) is 0 Å². The van der Waals surface area contributed by atoms with Gasteiger partial charge in [0.2, 0.25) is 0 Å². The van der Waals surface area contributed by atoms with Crippen molar-refractivity contribution in [2.45, 2.75) is 57.7 Å². The van der Waals surface area contributed by atoms with E-state index in [4.69, 9.17) is 4.74 Å². The van der Waals surface area contributed by atoms with Crippen LogP contribution in [0.4, 0.5) is 0 Å². The molecule has 2 heterocycles. The third kappa shape index (κ3) is 3.44. The number of hydrazine groups is 1. The van der Waals surface area contributed by atoms with Crippen molar-refractivity contribution in [3.05, 3.63) is 0 Å². The van der Waals surface area contributed by atoms with E-state index < -0.39 is 0 Å². The maximum absolute atomic E-state index is 5.95. The van der Waals surface area contributed by atoms with Gasteiger partial charge in [0.25, 0.3) is 0 Å². The number of piperidine rings is 1. The second-order valence-corrected chi connectivity index (χ2v) is 5.45. The quantitative estimate of drug-likeness (QED) is 0.773. The normalized spacial score (nSPS) is 32.0. The molecule has 0 aromatic heterocycles. The summed E-state index contributed by atoms with van der Waals surface area (Å²) in [6.45, 7) is 7.78. The molecule has 2 fully saturated rings. The standard InChI is InChI=1S/C12H24N2O/c1-12(2)7-6-11(15-12)10-13-14-8-4-3-5-9-14/h11,13H,3-10H2,1-2H3. The van der Waals surface area contributed by atoms with Crippen LogP contribution in [-0.2, 0) is 4.74 Å². The molecule has 2 aliphatic heterocycles. The van der Waals surface area contributed by atoms with E-state index in [2.05, 4.69) is 24.3 Å². The molecule has 0 bridgehead atoms. The molecule has 88 valence electrons. The Balaban J connectivity index is 1.65. The molecule has 0 amide bonds. The van der Waals surface area contributed by atoms with Crippen LogP contribution in [0.25, 0.3) is 0 Å². The van der Waals surface area contributed by atoms with Crippen LogP contribution >= 0.6 is 0 Å². The van der Waals surface area contributed by atoms with Crippen molar-refractivity contribution in [3.8, 4) is 0 Å². The minimum Gasteiger partial charge on any atom is -0.371 e. The Morgan fingerprint density at radius 2 is 2.00 bits per heavy atom. The van der Waals surface area contributed by atoms with Crippen molar-refractivity contribution in [2.24, 2.45) is 0 Å². The molecule has 2 rings (SSSR count). The van der Waals surface area contributed by atoms with Crippen LogP contribution in [-0.4, -0.2) is 36.3 Å². The molecule has 15 heavy (non-hydrogen) atoms. The maximum Gasteiger partial charge on any atom is 0.0721 e. The number of nitrogens with zero attached hydrogens (tertiary/aromatic N) is 1. The number of nitrogens with one attached hydrogen (secondary N) is 1. The van der Waals surface area contributed by atoms with Gasteiger partial charge in [-0.1, -0.05) is 6.42 Å². The molecule has 0 aromatic rings. The Bertz CT molecular complexity index is 200. The molecular weight excluding hydrogens is 188 g/mol. The summed E-state index contributed by atoms with van der Waals surface area (Å²) >= 11 is 0. The molecule has 1 unspecified atom stereocenters. The van der Waals surface area contributed by atoms with E-state index in [0.717, 1.165) is 6.54 Å². The van der Waals surface area contributed by atoms with E-state index in [-0.39, 0.29) is 5.60 Å². The molecule has 2 aliphatic rings. The summed E-state index contributed by atoms with van der Waals surface area (Å²) in [5, 5.41) is 2.36. The third-order valence-corrected chi connectivity index (χ3v) is 3.45. The van der Waals surface area contributed by atoms with Gasteiger partial charge >= 0.3 is 0 Å². The van der Waals surface area contributed by atoms with E-state index in [0.29, 0.717) is 6.10 Å². The highest BCUT2D eigenvalue weighted by Crippen LogP contribution is 2.28. The second kappa shape index (κ2) is 4.81. The number of hydrogen-bond donors (Lipinski definition) is 1. The predicted molar refractivity (Wildman–Crippen MR) is 61.6 cm³/mol. The van der Waals surface area contributed by atoms with Crippen LogP contribution in [0.1, 0.15) is 46.0 Å². The Hall–Kier alpha value is -0.120. The fourth-order valence-electron chi connectivity index (χ4n) is 2.50. The van der Waals surface area contributed by atoms with Crippen molar-refractivity contribution < 1.29 is 4.74 Å². The lowest BCUT2D eigenvalue weighted by Crippen LogP contribution is -2.45. The van der Waals surface area contributed by atoms with Crippen molar-refractivity contribution >= 4 is 0 Å². The van der Waals surface area contributed by atoms with Gasteiger partial charge in [-0.05, 0) is 39.5 Å². The molecule has 2 saturated heterocycles. The largest absolute Gasteiger partial charge is 0.371 e. The Labute approximate surface area is 93.1 Å². The molecule has 1 N–H and O–H groups in total. The highest BCUT2D eigenvalue weighted by atomic mass is 16.5. The lowest BCUT2D eigenvalue weighted by atomic mass is 10.1. The first-order valence-corrected chi connectivity index (χ1v) is 6.32. The van der Waals surface area contributed by atoms with Gasteiger partial charge in [0.1, 0.15) is 0 Å². The van der Waals surface area contributed by atoms with Gasteiger partial charge in [-0.25, -0.2) is 5.01 Å². The zero-order valence-electron chi connectivity index (χ0n) is 10.1. The van der Waals surface area contributed by atoms with Gasteiger partial charge in [-0.2, -0.15) is 0 Å². The van der Waals surface area contributed by atoms with Crippen molar-refractivity contribution in [2.75, 3.05) is 19.6 Å². The number of ether oxygens (including phenoxy) is 1. The minimum atomic E-state index is 0.105. The lowest BCUT2D eigenvalue weighted by molar-refractivity contribution is -0.0235. The molecule has 3 nitrogen and oxygen atoms in total. The van der Waals surface area contributed by atoms with E-state index >= 15 is 0 Å². The summed E-state index contributed by atoms with van der Waals surface area (Å²) in [6, 6.07) is 0. The number of rotatable bonds is 3. The highest BCUT2D eigenvalue weighted by molar-refractivity contribution is 4.81. The fourth-order valence-corrected chi connectivity index (χ4v) is 2.50. The topological polar surface area (TPSA) is 24.5 Å². The predicted octanol–water partition coefficient (Wildman–Crippen LogP) is 1.93. The van der Waals surface area contributed by atoms with Crippen molar-refractivity contribution in [1.82, 2.24) is 10.4 Å². The summed E-state index contributed by atoms with van der Waals surface area (Å²) in [6.07, 6.45) is 6.88. The highest BCUT2D eigenvalue weighted by Gasteiger charge is 2.31. The molecule has 0 saturated carbocycles. The zero-order valence-corrected chi connectivity index (χ0v) is 10.1. The van der Waals surface area contributed by atoms with Crippen LogP contribution in [0.15, 0.2) is 0 Å². The van der Waals surface area contributed by atoms with Crippen LogP contribution < -0.4 is 5.43 Å². The average Bonchev–Trinajstić information content (AvgIpc) is 2.57. The summed E-state index contributed by atoms with van der Waals surface area (Å²) < 4.78 is 5.95. The Morgan fingerprint density at radius 3 is 2.60 bits per heavy atom. The van der Waals surface area contributed by atoms with Gasteiger partial charge in [0.05, 0.1) is 11.7 Å². The van der Waals surface area contributed by atoms with Gasteiger partial charge in [-0.3, -0.25) is 5.43 Å². The first kappa shape index (κ1) is 11.4. The lowest BCUT2D eigenvalue weighted by Gasteiger charge is -2.28. The van der Waals surface area contributed by atoms with Crippen molar-refractivity contribution in [3.63, 3.8) is 0 Å². The van der Waals surface area contributed by atoms with Crippen LogP contribution in [0.3, 0.4) is 0 Å². The minimum absolute atomic E-state index is 0.105. The van der Waals surface area contributed by atoms with E-state index in [1.54, 1.807) is 0 Å². The average molecular weight is 212 g/mol. The van der Waals surface area contributed by atoms with Gasteiger partial charge in [-0.15, -0.1) is 0 Å². The van der Waals surface area contributed by atoms with E-state index in [1.165, 1.54) is 45.2 Å². The first-order chi connectivity index (χ1) is 7.16. The zero-order chi connectivity index (χ0) is 10.7. The fraction of sp³-hybridized carbons (Fsp3) is 1.00. The smallest absolute Gasteiger partial charge is 0.0721 e. The van der Waals surface area contributed by atoms with Crippen LogP contribution in [0.2, 0.25) is 0 Å². The molecule has 0 spiro atoms. The number of hydrogen-bond acceptors (Lipinski definition) is 3. The van der Waals surface area contributed by atoms with Crippen molar-refractivity contribution in [1.29, 1.82) is 0 Å². The molecule has 0 radical (unpaired) electrons. The SMILES string of the molecule is CC1(C)CCC(CNN2CCCCC2)O1. The Morgan fingerprint density at radius 1 is 1.27 bits per heavy atom. The molecule has 1 atom stereocenters. The van der Waals surface area contributed by atoms with E-state index in [1.807, 2.05) is 0 Å². The summed E-state index contributed by atoms with van der Waals surface area (Å²) in [5.41, 5.74) is 3.62. The molecular formula is C12H24N2O. The summed E-state index contributed by atoms with van der Waals surface area (Å²) in [4.78, 5) is 0. The molecule has 0 aromatic carbocycles. The van der Waals surface area contributed by atoms with Gasteiger partial charge in [0, 0.05) is 19.6 Å². The first-order valence-electron chi connectivity index (χ1n) is 6.32. The second-order valence-electron chi connectivity index (χ2n) is 5.45.